The van der Waals surface area contributed by atoms with E-state index in [1.807, 2.05) is 6.08 Å². The van der Waals surface area contributed by atoms with Crippen molar-refractivity contribution < 1.29 is 14.7 Å². The predicted molar refractivity (Wildman–Crippen MR) is 83.0 cm³/mol. The molecule has 4 aliphatic rings. The molecule has 0 saturated heterocycles. The van der Waals surface area contributed by atoms with Crippen LogP contribution in [0.2, 0.25) is 0 Å². The molecule has 3 heteroatoms. The largest absolute Gasteiger partial charge is 0.393 e. The van der Waals surface area contributed by atoms with Crippen molar-refractivity contribution in [1.82, 2.24) is 0 Å². The van der Waals surface area contributed by atoms with Crippen LogP contribution in [0.4, 0.5) is 0 Å². The van der Waals surface area contributed by atoms with Crippen molar-refractivity contribution in [3.8, 4) is 0 Å². The molecule has 0 heterocycles. The molecule has 7 atom stereocenters. The second-order valence-electron chi connectivity index (χ2n) is 8.42. The van der Waals surface area contributed by atoms with Gasteiger partial charge in [-0.05, 0) is 61.3 Å². The zero-order chi connectivity index (χ0) is 15.6. The molecule has 0 aromatic heterocycles. The number of hydrogen-bond acceptors (Lipinski definition) is 3. The molecule has 0 radical (unpaired) electrons. The molecule has 3 fully saturated rings. The maximum absolute atomic E-state index is 12.4. The molecule has 22 heavy (non-hydrogen) atoms. The van der Waals surface area contributed by atoms with Crippen molar-refractivity contribution in [2.45, 2.75) is 58.5 Å². The molecular formula is C19H26O3. The SMILES string of the molecule is CC1CC2=CC(=O)CC[C@@H]2C2C(O)C[C@]3(C)C(=O)CCC3C12. The highest BCUT2D eigenvalue weighted by molar-refractivity contribution is 5.91. The number of hydrogen-bond donors (Lipinski definition) is 1. The number of aliphatic hydroxyl groups is 1. The van der Waals surface area contributed by atoms with Crippen molar-refractivity contribution >= 4 is 11.6 Å². The van der Waals surface area contributed by atoms with Crippen LogP contribution in [0.1, 0.15) is 52.4 Å². The van der Waals surface area contributed by atoms with E-state index in [1.54, 1.807) is 0 Å². The van der Waals surface area contributed by atoms with Crippen molar-refractivity contribution in [2.24, 2.45) is 35.0 Å². The number of aliphatic hydroxyl groups excluding tert-OH is 1. The fourth-order valence-electron chi connectivity index (χ4n) is 6.41. The number of Topliss-reactive ketones (excluding diaryl/α,β-unsaturated/α-hetero) is 1. The summed E-state index contributed by atoms with van der Waals surface area (Å²) < 4.78 is 0. The zero-order valence-electron chi connectivity index (χ0n) is 13.5. The molecule has 0 aliphatic heterocycles. The van der Waals surface area contributed by atoms with Gasteiger partial charge in [0.25, 0.3) is 0 Å². The Bertz CT molecular complexity index is 563. The van der Waals surface area contributed by atoms with Crippen LogP contribution in [-0.2, 0) is 9.59 Å². The lowest BCUT2D eigenvalue weighted by Crippen LogP contribution is -2.55. The average molecular weight is 302 g/mol. The Balaban J connectivity index is 1.74. The van der Waals surface area contributed by atoms with Crippen LogP contribution in [0.15, 0.2) is 11.6 Å². The van der Waals surface area contributed by atoms with Gasteiger partial charge in [0.1, 0.15) is 5.78 Å². The second-order valence-corrected chi connectivity index (χ2v) is 8.42. The third-order valence-electron chi connectivity index (χ3n) is 7.33. The van der Waals surface area contributed by atoms with Gasteiger partial charge in [-0.3, -0.25) is 9.59 Å². The van der Waals surface area contributed by atoms with E-state index in [-0.39, 0.29) is 17.1 Å². The fourth-order valence-corrected chi connectivity index (χ4v) is 6.41. The van der Waals surface area contributed by atoms with Crippen LogP contribution in [0.3, 0.4) is 0 Å². The maximum atomic E-state index is 12.4. The summed E-state index contributed by atoms with van der Waals surface area (Å²) in [5, 5.41) is 10.9. The lowest BCUT2D eigenvalue weighted by atomic mass is 9.49. The highest BCUT2D eigenvalue weighted by atomic mass is 16.3. The van der Waals surface area contributed by atoms with E-state index in [0.29, 0.717) is 48.7 Å². The first-order chi connectivity index (χ1) is 10.4. The standard InChI is InChI=1S/C19H26O3/c1-10-7-11-8-12(20)3-4-13(11)18-15(21)9-19(2)14(17(10)18)5-6-16(19)22/h8,10,13-15,17-18,21H,3-7,9H2,1-2H3/t10?,13-,14?,15?,17?,18?,19-/m0/s1. The summed E-state index contributed by atoms with van der Waals surface area (Å²) in [5.41, 5.74) is 0.970. The molecule has 4 aliphatic carbocycles. The van der Waals surface area contributed by atoms with Gasteiger partial charge in [0.15, 0.2) is 5.78 Å². The Labute approximate surface area is 132 Å². The minimum absolute atomic E-state index is 0.253. The number of carbonyl (C=O) groups is 2. The third-order valence-corrected chi connectivity index (χ3v) is 7.33. The smallest absolute Gasteiger partial charge is 0.155 e. The predicted octanol–water partition coefficient (Wildman–Crippen LogP) is 2.91. The van der Waals surface area contributed by atoms with Gasteiger partial charge in [0.05, 0.1) is 6.10 Å². The van der Waals surface area contributed by atoms with Gasteiger partial charge in [-0.2, -0.15) is 0 Å². The highest BCUT2D eigenvalue weighted by Crippen LogP contribution is 2.61. The Morgan fingerprint density at radius 3 is 2.73 bits per heavy atom. The molecule has 3 saturated carbocycles. The molecule has 5 unspecified atom stereocenters. The average Bonchev–Trinajstić information content (AvgIpc) is 2.74. The topological polar surface area (TPSA) is 54.4 Å². The zero-order valence-corrected chi connectivity index (χ0v) is 13.5. The van der Waals surface area contributed by atoms with E-state index in [2.05, 4.69) is 13.8 Å². The summed E-state index contributed by atoms with van der Waals surface area (Å²) in [6.45, 7) is 4.35. The summed E-state index contributed by atoms with van der Waals surface area (Å²) in [5.74, 6) is 2.58. The van der Waals surface area contributed by atoms with Crippen LogP contribution in [0.25, 0.3) is 0 Å². The van der Waals surface area contributed by atoms with Crippen molar-refractivity contribution in [2.75, 3.05) is 0 Å². The Morgan fingerprint density at radius 1 is 1.18 bits per heavy atom. The van der Waals surface area contributed by atoms with Gasteiger partial charge in [0.2, 0.25) is 0 Å². The van der Waals surface area contributed by atoms with Gasteiger partial charge in [-0.1, -0.05) is 19.4 Å². The molecule has 120 valence electrons. The first-order valence-corrected chi connectivity index (χ1v) is 8.86. The molecule has 0 amide bonds. The lowest BCUT2D eigenvalue weighted by molar-refractivity contribution is -0.144. The molecule has 3 nitrogen and oxygen atoms in total. The quantitative estimate of drug-likeness (QED) is 0.748. The van der Waals surface area contributed by atoms with Crippen LogP contribution in [0.5, 0.6) is 0 Å². The van der Waals surface area contributed by atoms with Crippen LogP contribution >= 0.6 is 0 Å². The summed E-state index contributed by atoms with van der Waals surface area (Å²) in [7, 11) is 0. The van der Waals surface area contributed by atoms with Crippen LogP contribution in [0, 0.1) is 35.0 Å². The normalized spacial score (nSPS) is 51.0. The number of carbonyl (C=O) groups excluding carboxylic acids is 2. The lowest BCUT2D eigenvalue weighted by Gasteiger charge is -2.56. The molecular weight excluding hydrogens is 276 g/mol. The minimum atomic E-state index is -0.391. The monoisotopic (exact) mass is 302 g/mol. The van der Waals surface area contributed by atoms with E-state index < -0.39 is 6.10 Å². The molecule has 4 rings (SSSR count). The third kappa shape index (κ3) is 1.84. The van der Waals surface area contributed by atoms with Crippen LogP contribution in [-0.4, -0.2) is 22.8 Å². The van der Waals surface area contributed by atoms with Crippen LogP contribution < -0.4 is 0 Å². The number of ketones is 2. The number of allylic oxidation sites excluding steroid dienone is 1. The number of rotatable bonds is 0. The minimum Gasteiger partial charge on any atom is -0.393 e. The molecule has 0 aromatic carbocycles. The van der Waals surface area contributed by atoms with E-state index in [9.17, 15) is 14.7 Å². The maximum Gasteiger partial charge on any atom is 0.155 e. The summed E-state index contributed by atoms with van der Waals surface area (Å²) >= 11 is 0. The van der Waals surface area contributed by atoms with E-state index in [4.69, 9.17) is 0 Å². The highest BCUT2D eigenvalue weighted by Gasteiger charge is 2.60. The summed E-state index contributed by atoms with van der Waals surface area (Å²) in [4.78, 5) is 24.2. The molecule has 1 N–H and O–H groups in total. The van der Waals surface area contributed by atoms with E-state index >= 15 is 0 Å². The van der Waals surface area contributed by atoms with Gasteiger partial charge in [-0.15, -0.1) is 0 Å². The van der Waals surface area contributed by atoms with E-state index in [1.165, 1.54) is 5.57 Å². The molecule has 0 aromatic rings. The van der Waals surface area contributed by atoms with E-state index in [0.717, 1.165) is 19.3 Å². The summed E-state index contributed by atoms with van der Waals surface area (Å²) in [6, 6.07) is 0. The van der Waals surface area contributed by atoms with Crippen molar-refractivity contribution in [3.05, 3.63) is 11.6 Å². The Kier molecular flexibility index (Phi) is 3.17. The first kappa shape index (κ1) is 14.6. The summed E-state index contributed by atoms with van der Waals surface area (Å²) in [6.07, 6.45) is 6.28. The van der Waals surface area contributed by atoms with Crippen molar-refractivity contribution in [1.29, 1.82) is 0 Å². The Morgan fingerprint density at radius 2 is 1.95 bits per heavy atom. The molecule has 0 spiro atoms. The van der Waals surface area contributed by atoms with Gasteiger partial charge < -0.3 is 5.11 Å². The van der Waals surface area contributed by atoms with Gasteiger partial charge >= 0.3 is 0 Å². The van der Waals surface area contributed by atoms with Gasteiger partial charge in [0, 0.05) is 18.3 Å². The first-order valence-electron chi connectivity index (χ1n) is 8.86. The second kappa shape index (κ2) is 4.77. The van der Waals surface area contributed by atoms with Gasteiger partial charge in [-0.25, -0.2) is 0 Å². The Hall–Kier alpha value is -0.960. The number of fused-ring (bicyclic) bond motifs is 5. The van der Waals surface area contributed by atoms with Crippen molar-refractivity contribution in [3.63, 3.8) is 0 Å². The molecule has 0 bridgehead atoms. The fraction of sp³-hybridized carbons (Fsp3) is 0.789.